The molecule has 1 aromatic carbocycles. The number of para-hydroxylation sites is 1. The molecule has 1 aliphatic heterocycles. The second-order valence-corrected chi connectivity index (χ2v) is 7.52. The highest BCUT2D eigenvalue weighted by molar-refractivity contribution is 6.33. The number of benzene rings is 1. The van der Waals surface area contributed by atoms with Crippen LogP contribution in [-0.4, -0.2) is 40.3 Å². The number of Topliss-reactive ketones (excluding diaryl/α,β-unsaturated/α-hetero) is 1. The molecule has 1 aliphatic carbocycles. The van der Waals surface area contributed by atoms with Gasteiger partial charge < -0.3 is 0 Å². The molecule has 27 heavy (non-hydrogen) atoms. The summed E-state index contributed by atoms with van der Waals surface area (Å²) in [4.78, 5) is 21.5. The summed E-state index contributed by atoms with van der Waals surface area (Å²) in [6, 6.07) is 11.2. The average Bonchev–Trinajstić information content (AvgIpc) is 3.48. The zero-order chi connectivity index (χ0) is 18.8. The molecule has 0 bridgehead atoms. The van der Waals surface area contributed by atoms with E-state index in [4.69, 9.17) is 21.7 Å². The quantitative estimate of drug-likeness (QED) is 0.783. The Hall–Kier alpha value is -2.53. The van der Waals surface area contributed by atoms with E-state index in [0.717, 1.165) is 23.5 Å². The van der Waals surface area contributed by atoms with E-state index in [2.05, 4.69) is 4.98 Å². The molecule has 2 heterocycles. The minimum absolute atomic E-state index is 0.0300. The predicted molar refractivity (Wildman–Crippen MR) is 108 cm³/mol. The number of halogens is 1. The molecule has 1 atom stereocenters. The van der Waals surface area contributed by atoms with Crippen molar-refractivity contribution >= 4 is 34.5 Å². The van der Waals surface area contributed by atoms with Gasteiger partial charge in [0.15, 0.2) is 0 Å². The number of hydrogen-bond acceptors (Lipinski definition) is 5. The molecular formula is C21H21ClN4O. The number of aliphatic imine (C=N–C) groups is 1. The molecular weight excluding hydrogens is 360 g/mol. The van der Waals surface area contributed by atoms with Crippen molar-refractivity contribution < 1.29 is 4.79 Å². The lowest BCUT2D eigenvalue weighted by Crippen LogP contribution is -2.44. The minimum Gasteiger partial charge on any atom is -0.299 e. The third kappa shape index (κ3) is 4.08. The van der Waals surface area contributed by atoms with Crippen LogP contribution in [0.5, 0.6) is 0 Å². The smallest absolute Gasteiger partial charge is 0.144 e. The molecule has 6 heteroatoms. The topological polar surface area (TPSA) is 57.9 Å². The number of carbonyl (C=O) groups is 1. The number of carbonyl (C=O) groups excluding carboxylic acids is 1. The van der Waals surface area contributed by atoms with Crippen molar-refractivity contribution in [3.8, 4) is 0 Å². The lowest BCUT2D eigenvalue weighted by molar-refractivity contribution is -0.117. The van der Waals surface area contributed by atoms with Gasteiger partial charge in [-0.25, -0.2) is 0 Å². The molecule has 1 unspecified atom stereocenters. The third-order valence-electron chi connectivity index (χ3n) is 4.87. The maximum absolute atomic E-state index is 12.6. The molecule has 0 radical (unpaired) electrons. The molecule has 0 amide bonds. The maximum atomic E-state index is 12.6. The maximum Gasteiger partial charge on any atom is 0.144 e. The normalized spacial score (nSPS) is 21.3. The van der Waals surface area contributed by atoms with Crippen LogP contribution in [0.15, 0.2) is 58.9 Å². The average molecular weight is 381 g/mol. The van der Waals surface area contributed by atoms with Crippen LogP contribution in [0.25, 0.3) is 0 Å². The van der Waals surface area contributed by atoms with Crippen LogP contribution in [0.4, 0.5) is 5.69 Å². The lowest BCUT2D eigenvalue weighted by atomic mass is 9.88. The van der Waals surface area contributed by atoms with Crippen LogP contribution in [0, 0.1) is 11.8 Å². The molecule has 4 rings (SSSR count). The first-order valence-electron chi connectivity index (χ1n) is 9.18. The molecule has 0 spiro atoms. The summed E-state index contributed by atoms with van der Waals surface area (Å²) in [6.45, 7) is 3.03. The van der Waals surface area contributed by atoms with Gasteiger partial charge in [0.2, 0.25) is 0 Å². The summed E-state index contributed by atoms with van der Waals surface area (Å²) in [5.74, 6) is 0.240. The molecule has 1 aromatic heterocycles. The number of ketones is 1. The van der Waals surface area contributed by atoms with E-state index in [-0.39, 0.29) is 5.78 Å². The van der Waals surface area contributed by atoms with Crippen molar-refractivity contribution in [1.82, 2.24) is 9.99 Å². The summed E-state index contributed by atoms with van der Waals surface area (Å²) >= 11 is 6.31. The van der Waals surface area contributed by atoms with Gasteiger partial charge in [0, 0.05) is 24.5 Å². The monoisotopic (exact) mass is 380 g/mol. The number of nitrogens with zero attached hydrogens (tertiary/aromatic N) is 4. The van der Waals surface area contributed by atoms with Crippen LogP contribution in [0.1, 0.15) is 25.3 Å². The standard InChI is InChI=1S/C21H21ClN4O/c1-14(27)20-19(24-18-5-3-2-4-17(18)22)13-26(12-15-6-7-15)25-21(20)16-8-10-23-11-9-16/h2-5,8-11,15,20H,6-7,12-13H2,1H3. The number of pyridine rings is 1. The third-order valence-corrected chi connectivity index (χ3v) is 5.18. The Balaban J connectivity index is 1.79. The Morgan fingerprint density at radius 2 is 1.96 bits per heavy atom. The summed E-state index contributed by atoms with van der Waals surface area (Å²) in [7, 11) is 0. The fourth-order valence-corrected chi connectivity index (χ4v) is 3.53. The largest absolute Gasteiger partial charge is 0.299 e. The Morgan fingerprint density at radius 3 is 2.63 bits per heavy atom. The Bertz CT molecular complexity index is 905. The number of hydrogen-bond donors (Lipinski definition) is 0. The second kappa shape index (κ2) is 7.61. The van der Waals surface area contributed by atoms with Crippen molar-refractivity contribution in [2.24, 2.45) is 21.9 Å². The minimum atomic E-state index is -0.473. The van der Waals surface area contributed by atoms with E-state index in [1.54, 1.807) is 19.3 Å². The summed E-state index contributed by atoms with van der Waals surface area (Å²) < 4.78 is 0. The first kappa shape index (κ1) is 17.9. The van der Waals surface area contributed by atoms with Crippen LogP contribution >= 0.6 is 11.6 Å². The van der Waals surface area contributed by atoms with E-state index in [1.165, 1.54) is 12.8 Å². The highest BCUT2D eigenvalue weighted by atomic mass is 35.5. The molecule has 1 saturated carbocycles. The molecule has 0 N–H and O–H groups in total. The Labute approximate surface area is 163 Å². The molecule has 2 aromatic rings. The van der Waals surface area contributed by atoms with E-state index in [0.29, 0.717) is 23.2 Å². The van der Waals surface area contributed by atoms with Crippen LogP contribution in [0.3, 0.4) is 0 Å². The van der Waals surface area contributed by atoms with Crippen LogP contribution < -0.4 is 0 Å². The summed E-state index contributed by atoms with van der Waals surface area (Å²) in [5.41, 5.74) is 3.11. The molecule has 1 fully saturated rings. The predicted octanol–water partition coefficient (Wildman–Crippen LogP) is 4.14. The first-order chi connectivity index (χ1) is 13.1. The number of aromatic nitrogens is 1. The fourth-order valence-electron chi connectivity index (χ4n) is 3.36. The summed E-state index contributed by atoms with van der Waals surface area (Å²) in [6.07, 6.45) is 5.92. The number of rotatable bonds is 5. The van der Waals surface area contributed by atoms with E-state index >= 15 is 0 Å². The second-order valence-electron chi connectivity index (χ2n) is 7.11. The lowest BCUT2D eigenvalue weighted by Gasteiger charge is -2.31. The van der Waals surface area contributed by atoms with Crippen molar-refractivity contribution in [3.05, 3.63) is 59.4 Å². The van der Waals surface area contributed by atoms with Crippen molar-refractivity contribution in [3.63, 3.8) is 0 Å². The first-order valence-corrected chi connectivity index (χ1v) is 9.56. The van der Waals surface area contributed by atoms with Gasteiger partial charge in [-0.15, -0.1) is 0 Å². The molecule has 138 valence electrons. The summed E-state index contributed by atoms with van der Waals surface area (Å²) in [5, 5.41) is 7.46. The van der Waals surface area contributed by atoms with Gasteiger partial charge >= 0.3 is 0 Å². The Kier molecular flexibility index (Phi) is 5.03. The zero-order valence-corrected chi connectivity index (χ0v) is 15.9. The Morgan fingerprint density at radius 1 is 1.22 bits per heavy atom. The van der Waals surface area contributed by atoms with Gasteiger partial charge in [-0.2, -0.15) is 5.10 Å². The molecule has 2 aliphatic rings. The molecule has 0 saturated heterocycles. The van der Waals surface area contributed by atoms with E-state index < -0.39 is 5.92 Å². The van der Waals surface area contributed by atoms with E-state index in [9.17, 15) is 4.79 Å². The highest BCUT2D eigenvalue weighted by Gasteiger charge is 2.35. The zero-order valence-electron chi connectivity index (χ0n) is 15.2. The van der Waals surface area contributed by atoms with Gasteiger partial charge in [0.25, 0.3) is 0 Å². The van der Waals surface area contributed by atoms with Gasteiger partial charge in [0.1, 0.15) is 11.7 Å². The highest BCUT2D eigenvalue weighted by Crippen LogP contribution is 2.32. The van der Waals surface area contributed by atoms with Crippen molar-refractivity contribution in [2.45, 2.75) is 19.8 Å². The van der Waals surface area contributed by atoms with Crippen LogP contribution in [0.2, 0.25) is 5.02 Å². The van der Waals surface area contributed by atoms with E-state index in [1.807, 2.05) is 41.4 Å². The SMILES string of the molecule is CC(=O)C1C(=Nc2ccccc2Cl)CN(CC2CC2)N=C1c1ccncc1. The van der Waals surface area contributed by atoms with Gasteiger partial charge in [0.05, 0.1) is 28.7 Å². The number of hydrazone groups is 1. The van der Waals surface area contributed by atoms with Gasteiger partial charge in [-0.1, -0.05) is 23.7 Å². The van der Waals surface area contributed by atoms with Crippen molar-refractivity contribution in [1.29, 1.82) is 0 Å². The van der Waals surface area contributed by atoms with Crippen molar-refractivity contribution in [2.75, 3.05) is 13.1 Å². The fraction of sp³-hybridized carbons (Fsp3) is 0.333. The molecule has 5 nitrogen and oxygen atoms in total. The van der Waals surface area contributed by atoms with Gasteiger partial charge in [-0.05, 0) is 49.9 Å². The van der Waals surface area contributed by atoms with Crippen LogP contribution in [-0.2, 0) is 4.79 Å². The van der Waals surface area contributed by atoms with Gasteiger partial charge in [-0.3, -0.25) is 19.8 Å².